The van der Waals surface area contributed by atoms with Gasteiger partial charge in [0.2, 0.25) is 5.91 Å². The van der Waals surface area contributed by atoms with Crippen LogP contribution in [0.5, 0.6) is 0 Å². The highest BCUT2D eigenvalue weighted by Crippen LogP contribution is 2.17. The van der Waals surface area contributed by atoms with Crippen molar-refractivity contribution in [3.05, 3.63) is 29.8 Å². The van der Waals surface area contributed by atoms with E-state index >= 15 is 0 Å². The second-order valence-electron chi connectivity index (χ2n) is 6.30. The molecule has 1 fully saturated rings. The summed E-state index contributed by atoms with van der Waals surface area (Å²) in [7, 11) is 0. The van der Waals surface area contributed by atoms with Gasteiger partial charge in [-0.05, 0) is 37.0 Å². The van der Waals surface area contributed by atoms with Crippen molar-refractivity contribution >= 4 is 23.6 Å². The quantitative estimate of drug-likeness (QED) is 0.607. The van der Waals surface area contributed by atoms with Crippen LogP contribution in [0, 0.1) is 0 Å². The lowest BCUT2D eigenvalue weighted by Gasteiger charge is -2.22. The number of carboxylic acids is 1. The summed E-state index contributed by atoms with van der Waals surface area (Å²) in [6, 6.07) is 6.91. The van der Waals surface area contributed by atoms with E-state index in [0.29, 0.717) is 12.1 Å². The molecule has 0 bridgehead atoms. The van der Waals surface area contributed by atoms with Crippen LogP contribution in [0.15, 0.2) is 24.3 Å². The Kier molecular flexibility index (Phi) is 7.25. The van der Waals surface area contributed by atoms with E-state index in [1.807, 2.05) is 6.07 Å². The molecular weight excluding hydrogens is 322 g/mol. The topological polar surface area (TPSA) is 108 Å². The van der Waals surface area contributed by atoms with E-state index in [9.17, 15) is 14.4 Å². The molecule has 136 valence electrons. The van der Waals surface area contributed by atoms with Gasteiger partial charge in [0, 0.05) is 18.2 Å². The van der Waals surface area contributed by atoms with Crippen LogP contribution in [0.4, 0.5) is 10.5 Å². The van der Waals surface area contributed by atoms with E-state index in [1.165, 1.54) is 6.42 Å². The molecule has 0 aliphatic heterocycles. The largest absolute Gasteiger partial charge is 0.481 e. The van der Waals surface area contributed by atoms with Gasteiger partial charge in [0.15, 0.2) is 0 Å². The monoisotopic (exact) mass is 347 g/mol. The van der Waals surface area contributed by atoms with Gasteiger partial charge in [-0.25, -0.2) is 4.79 Å². The summed E-state index contributed by atoms with van der Waals surface area (Å²) in [5.74, 6) is -1.18. The fraction of sp³-hybridized carbons (Fsp3) is 0.500. The van der Waals surface area contributed by atoms with E-state index in [1.54, 1.807) is 18.2 Å². The van der Waals surface area contributed by atoms with Crippen LogP contribution in [-0.2, 0) is 16.0 Å². The van der Waals surface area contributed by atoms with Crippen LogP contribution in [0.25, 0.3) is 0 Å². The third-order valence-electron chi connectivity index (χ3n) is 4.19. The molecule has 25 heavy (non-hydrogen) atoms. The lowest BCUT2D eigenvalue weighted by Crippen LogP contribution is -2.45. The summed E-state index contributed by atoms with van der Waals surface area (Å²) < 4.78 is 0. The molecule has 0 saturated heterocycles. The Bertz CT molecular complexity index is 612. The molecule has 0 spiro atoms. The maximum absolute atomic E-state index is 11.9. The predicted molar refractivity (Wildman–Crippen MR) is 94.4 cm³/mol. The summed E-state index contributed by atoms with van der Waals surface area (Å²) in [5, 5.41) is 16.9. The molecule has 0 radical (unpaired) electrons. The van der Waals surface area contributed by atoms with E-state index in [0.717, 1.165) is 31.2 Å². The van der Waals surface area contributed by atoms with Gasteiger partial charge in [0.05, 0.1) is 6.54 Å². The van der Waals surface area contributed by atoms with Crippen molar-refractivity contribution in [1.29, 1.82) is 0 Å². The number of carbonyl (C=O) groups is 3. The van der Waals surface area contributed by atoms with Gasteiger partial charge in [-0.15, -0.1) is 0 Å². The molecule has 7 heteroatoms. The molecule has 1 saturated carbocycles. The molecule has 1 aliphatic rings. The number of rotatable bonds is 7. The molecule has 1 aromatic rings. The van der Waals surface area contributed by atoms with Crippen molar-refractivity contribution < 1.29 is 19.5 Å². The van der Waals surface area contributed by atoms with Crippen molar-refractivity contribution in [2.45, 2.75) is 51.0 Å². The second-order valence-corrected chi connectivity index (χ2v) is 6.30. The third kappa shape index (κ3) is 7.24. The lowest BCUT2D eigenvalue weighted by atomic mass is 9.96. The molecule has 0 unspecified atom stereocenters. The molecule has 4 N–H and O–H groups in total. The van der Waals surface area contributed by atoms with Gasteiger partial charge in [0.25, 0.3) is 0 Å². The maximum Gasteiger partial charge on any atom is 0.315 e. The highest BCUT2D eigenvalue weighted by Gasteiger charge is 2.15. The second kappa shape index (κ2) is 9.66. The Morgan fingerprint density at radius 3 is 2.60 bits per heavy atom. The van der Waals surface area contributed by atoms with Gasteiger partial charge >= 0.3 is 12.0 Å². The van der Waals surface area contributed by atoms with Crippen molar-refractivity contribution in [2.75, 3.05) is 11.9 Å². The van der Waals surface area contributed by atoms with Gasteiger partial charge in [-0.2, -0.15) is 0 Å². The standard InChI is InChI=1S/C18H25N3O4/c22-16(12-19-18(25)21-14-6-2-1-3-7-14)20-15-8-4-5-13(11-15)9-10-17(23)24/h4-5,8,11,14H,1-3,6-7,9-10,12H2,(H,20,22)(H,23,24)(H2,19,21,25). The van der Waals surface area contributed by atoms with Crippen LogP contribution in [0.1, 0.15) is 44.1 Å². The number of aryl methyl sites for hydroxylation is 1. The zero-order valence-electron chi connectivity index (χ0n) is 14.2. The summed E-state index contributed by atoms with van der Waals surface area (Å²) in [4.78, 5) is 34.4. The maximum atomic E-state index is 11.9. The number of anilines is 1. The van der Waals surface area contributed by atoms with E-state index in [-0.39, 0.29) is 30.9 Å². The van der Waals surface area contributed by atoms with Crippen molar-refractivity contribution in [3.8, 4) is 0 Å². The summed E-state index contributed by atoms with van der Waals surface area (Å²) in [6.45, 7) is -0.113. The minimum Gasteiger partial charge on any atom is -0.481 e. The Labute approximate surface area is 147 Å². The number of aliphatic carboxylic acids is 1. The SMILES string of the molecule is O=C(O)CCc1cccc(NC(=O)CNC(=O)NC2CCCCC2)c1. The van der Waals surface area contributed by atoms with Crippen molar-refractivity contribution in [1.82, 2.24) is 10.6 Å². The molecule has 0 aromatic heterocycles. The van der Waals surface area contributed by atoms with Crippen LogP contribution in [0.3, 0.4) is 0 Å². The average molecular weight is 347 g/mol. The molecule has 1 aliphatic carbocycles. The highest BCUT2D eigenvalue weighted by atomic mass is 16.4. The van der Waals surface area contributed by atoms with Gasteiger partial charge in [0.1, 0.15) is 0 Å². The Hall–Kier alpha value is -2.57. The Morgan fingerprint density at radius 1 is 1.12 bits per heavy atom. The van der Waals surface area contributed by atoms with Gasteiger partial charge in [-0.1, -0.05) is 31.4 Å². The summed E-state index contributed by atoms with van der Waals surface area (Å²) in [6.07, 6.45) is 5.90. The smallest absolute Gasteiger partial charge is 0.315 e. The number of nitrogens with one attached hydrogen (secondary N) is 3. The zero-order chi connectivity index (χ0) is 18.1. The first kappa shape index (κ1) is 18.8. The van der Waals surface area contributed by atoms with Crippen LogP contribution in [0.2, 0.25) is 0 Å². The van der Waals surface area contributed by atoms with Crippen LogP contribution < -0.4 is 16.0 Å². The van der Waals surface area contributed by atoms with E-state index < -0.39 is 5.97 Å². The number of carbonyl (C=O) groups excluding carboxylic acids is 2. The minimum absolute atomic E-state index is 0.0420. The third-order valence-corrected chi connectivity index (χ3v) is 4.19. The molecular formula is C18H25N3O4. The fourth-order valence-electron chi connectivity index (χ4n) is 2.90. The van der Waals surface area contributed by atoms with E-state index in [4.69, 9.17) is 5.11 Å². The van der Waals surface area contributed by atoms with Crippen molar-refractivity contribution in [2.24, 2.45) is 0 Å². The summed E-state index contributed by atoms with van der Waals surface area (Å²) in [5.41, 5.74) is 1.42. The first-order valence-electron chi connectivity index (χ1n) is 8.68. The highest BCUT2D eigenvalue weighted by molar-refractivity contribution is 5.94. The molecule has 0 heterocycles. The van der Waals surface area contributed by atoms with Crippen LogP contribution in [-0.4, -0.2) is 35.6 Å². The molecule has 3 amide bonds. The minimum atomic E-state index is -0.859. The van der Waals surface area contributed by atoms with Crippen molar-refractivity contribution in [3.63, 3.8) is 0 Å². The fourth-order valence-corrected chi connectivity index (χ4v) is 2.90. The number of benzene rings is 1. The van der Waals surface area contributed by atoms with Crippen LogP contribution >= 0.6 is 0 Å². The molecule has 2 rings (SSSR count). The first-order chi connectivity index (χ1) is 12.0. The number of hydrogen-bond acceptors (Lipinski definition) is 3. The Balaban J connectivity index is 1.73. The normalized spacial score (nSPS) is 14.6. The first-order valence-corrected chi connectivity index (χ1v) is 8.68. The number of hydrogen-bond donors (Lipinski definition) is 4. The average Bonchev–Trinajstić information content (AvgIpc) is 2.59. The molecule has 7 nitrogen and oxygen atoms in total. The number of urea groups is 1. The van der Waals surface area contributed by atoms with E-state index in [2.05, 4.69) is 16.0 Å². The number of amides is 3. The predicted octanol–water partition coefficient (Wildman–Crippen LogP) is 2.27. The lowest BCUT2D eigenvalue weighted by molar-refractivity contribution is -0.137. The zero-order valence-corrected chi connectivity index (χ0v) is 14.2. The van der Waals surface area contributed by atoms with Gasteiger partial charge in [-0.3, -0.25) is 9.59 Å². The Morgan fingerprint density at radius 2 is 1.88 bits per heavy atom. The molecule has 1 aromatic carbocycles. The van der Waals surface area contributed by atoms with Gasteiger partial charge < -0.3 is 21.1 Å². The molecule has 0 atom stereocenters. The number of carboxylic acid groups (broad SMARTS) is 1. The summed E-state index contributed by atoms with van der Waals surface area (Å²) >= 11 is 0.